The van der Waals surface area contributed by atoms with Gasteiger partial charge in [0.1, 0.15) is 5.56 Å². The molecule has 0 spiro atoms. The average molecular weight is 329 g/mol. The second-order valence-electron chi connectivity index (χ2n) is 6.21. The molecule has 0 bridgehead atoms. The Balaban J connectivity index is 2.12. The topological polar surface area (TPSA) is 86.3 Å². The van der Waals surface area contributed by atoms with Crippen LogP contribution in [0.2, 0.25) is 0 Å². The SMILES string of the molecule is COCCNC(=O)c1cn(C2CCCC2)c2cccc(N)c2c1=O. The molecule has 24 heavy (non-hydrogen) atoms. The lowest BCUT2D eigenvalue weighted by Gasteiger charge is -2.20. The van der Waals surface area contributed by atoms with E-state index in [9.17, 15) is 9.59 Å². The number of pyridine rings is 1. The molecule has 6 heteroatoms. The fraction of sp³-hybridized carbons (Fsp3) is 0.444. The molecule has 0 unspecified atom stereocenters. The number of nitrogen functional groups attached to an aromatic ring is 1. The van der Waals surface area contributed by atoms with Gasteiger partial charge in [0.05, 0.1) is 17.5 Å². The van der Waals surface area contributed by atoms with E-state index in [1.54, 1.807) is 19.4 Å². The summed E-state index contributed by atoms with van der Waals surface area (Å²) in [5.74, 6) is -0.381. The predicted octanol–water partition coefficient (Wildman–Crippen LogP) is 2.07. The van der Waals surface area contributed by atoms with Crippen LogP contribution in [0.25, 0.3) is 10.9 Å². The van der Waals surface area contributed by atoms with Gasteiger partial charge >= 0.3 is 0 Å². The first-order valence-electron chi connectivity index (χ1n) is 8.34. The van der Waals surface area contributed by atoms with Gasteiger partial charge in [0.25, 0.3) is 5.91 Å². The highest BCUT2D eigenvalue weighted by Crippen LogP contribution is 2.32. The van der Waals surface area contributed by atoms with E-state index >= 15 is 0 Å². The molecule has 128 valence electrons. The zero-order valence-electron chi connectivity index (χ0n) is 13.9. The largest absolute Gasteiger partial charge is 0.398 e. The summed E-state index contributed by atoms with van der Waals surface area (Å²) in [6, 6.07) is 5.76. The molecule has 1 aromatic heterocycles. The molecule has 1 fully saturated rings. The van der Waals surface area contributed by atoms with Crippen molar-refractivity contribution in [3.05, 3.63) is 40.2 Å². The fourth-order valence-corrected chi connectivity index (χ4v) is 3.43. The fourth-order valence-electron chi connectivity index (χ4n) is 3.43. The number of carbonyl (C=O) groups excluding carboxylic acids is 1. The molecule has 1 amide bonds. The normalized spacial score (nSPS) is 15.0. The zero-order valence-corrected chi connectivity index (χ0v) is 13.9. The molecule has 1 saturated carbocycles. The van der Waals surface area contributed by atoms with Crippen LogP contribution < -0.4 is 16.5 Å². The van der Waals surface area contributed by atoms with E-state index in [0.29, 0.717) is 30.3 Å². The molecule has 3 N–H and O–H groups in total. The molecule has 1 aliphatic rings. The van der Waals surface area contributed by atoms with E-state index in [4.69, 9.17) is 10.5 Å². The van der Waals surface area contributed by atoms with Gasteiger partial charge in [-0.25, -0.2) is 0 Å². The molecule has 1 aromatic carbocycles. The van der Waals surface area contributed by atoms with Gasteiger partial charge in [-0.05, 0) is 25.0 Å². The van der Waals surface area contributed by atoms with Crippen molar-refractivity contribution in [2.45, 2.75) is 31.7 Å². The second-order valence-corrected chi connectivity index (χ2v) is 6.21. The Morgan fingerprint density at radius 3 is 2.83 bits per heavy atom. The lowest BCUT2D eigenvalue weighted by Crippen LogP contribution is -2.32. The number of hydrogen-bond acceptors (Lipinski definition) is 4. The molecule has 0 saturated heterocycles. The van der Waals surface area contributed by atoms with Crippen LogP contribution >= 0.6 is 0 Å². The number of amides is 1. The van der Waals surface area contributed by atoms with Crippen molar-refractivity contribution in [3.63, 3.8) is 0 Å². The number of fused-ring (bicyclic) bond motifs is 1. The number of anilines is 1. The first kappa shape index (κ1) is 16.5. The number of nitrogens with two attached hydrogens (primary N) is 1. The highest BCUT2D eigenvalue weighted by Gasteiger charge is 2.22. The Labute approximate surface area is 140 Å². The number of hydrogen-bond donors (Lipinski definition) is 2. The molecule has 3 rings (SSSR count). The van der Waals surface area contributed by atoms with Crippen LogP contribution in [0.5, 0.6) is 0 Å². The molecule has 1 heterocycles. The maximum Gasteiger partial charge on any atom is 0.256 e. The number of rotatable bonds is 5. The maximum atomic E-state index is 12.8. The van der Waals surface area contributed by atoms with Gasteiger partial charge in [0.2, 0.25) is 5.43 Å². The molecule has 1 aliphatic carbocycles. The summed E-state index contributed by atoms with van der Waals surface area (Å²) in [6.45, 7) is 0.763. The summed E-state index contributed by atoms with van der Waals surface area (Å²) in [6.07, 6.45) is 6.13. The average Bonchev–Trinajstić information content (AvgIpc) is 3.09. The van der Waals surface area contributed by atoms with Crippen LogP contribution in [0.3, 0.4) is 0 Å². The van der Waals surface area contributed by atoms with Gasteiger partial charge in [0, 0.05) is 31.6 Å². The smallest absolute Gasteiger partial charge is 0.256 e. The van der Waals surface area contributed by atoms with Crippen molar-refractivity contribution >= 4 is 22.5 Å². The van der Waals surface area contributed by atoms with Crippen LogP contribution in [-0.2, 0) is 4.74 Å². The maximum absolute atomic E-state index is 12.8. The van der Waals surface area contributed by atoms with Crippen LogP contribution in [0.15, 0.2) is 29.2 Å². The third-order valence-corrected chi connectivity index (χ3v) is 4.65. The van der Waals surface area contributed by atoms with E-state index in [1.807, 2.05) is 12.1 Å². The summed E-state index contributed by atoms with van der Waals surface area (Å²) in [5.41, 5.74) is 7.10. The van der Waals surface area contributed by atoms with E-state index in [-0.39, 0.29) is 16.9 Å². The number of nitrogens with one attached hydrogen (secondary N) is 1. The minimum absolute atomic E-state index is 0.142. The molecule has 2 aromatic rings. The van der Waals surface area contributed by atoms with Gasteiger partial charge in [-0.15, -0.1) is 0 Å². The van der Waals surface area contributed by atoms with Crippen molar-refractivity contribution in [1.29, 1.82) is 0 Å². The van der Waals surface area contributed by atoms with E-state index in [0.717, 1.165) is 31.2 Å². The van der Waals surface area contributed by atoms with E-state index < -0.39 is 0 Å². The molecule has 0 atom stereocenters. The van der Waals surface area contributed by atoms with Crippen molar-refractivity contribution in [1.82, 2.24) is 9.88 Å². The predicted molar refractivity (Wildman–Crippen MR) is 94.3 cm³/mol. The minimum atomic E-state index is -0.381. The summed E-state index contributed by atoms with van der Waals surface area (Å²) in [7, 11) is 1.57. The van der Waals surface area contributed by atoms with Gasteiger partial charge in [-0.3, -0.25) is 9.59 Å². The van der Waals surface area contributed by atoms with Crippen molar-refractivity contribution < 1.29 is 9.53 Å². The van der Waals surface area contributed by atoms with Crippen molar-refractivity contribution in [2.24, 2.45) is 0 Å². The van der Waals surface area contributed by atoms with E-state index in [2.05, 4.69) is 9.88 Å². The van der Waals surface area contributed by atoms with Crippen LogP contribution in [0, 0.1) is 0 Å². The third-order valence-electron chi connectivity index (χ3n) is 4.65. The summed E-state index contributed by atoms with van der Waals surface area (Å²) in [5, 5.41) is 3.16. The molecular weight excluding hydrogens is 306 g/mol. The number of ether oxygens (including phenoxy) is 1. The number of aromatic nitrogens is 1. The zero-order chi connectivity index (χ0) is 17.1. The molecule has 6 nitrogen and oxygen atoms in total. The highest BCUT2D eigenvalue weighted by atomic mass is 16.5. The summed E-state index contributed by atoms with van der Waals surface area (Å²) < 4.78 is 7.00. The monoisotopic (exact) mass is 329 g/mol. The highest BCUT2D eigenvalue weighted by molar-refractivity contribution is 6.00. The number of benzene rings is 1. The Hall–Kier alpha value is -2.34. The quantitative estimate of drug-likeness (QED) is 0.649. The Morgan fingerprint density at radius 2 is 2.12 bits per heavy atom. The Morgan fingerprint density at radius 1 is 1.38 bits per heavy atom. The Kier molecular flexibility index (Phi) is 4.85. The van der Waals surface area contributed by atoms with Crippen LogP contribution in [0.4, 0.5) is 5.69 Å². The summed E-state index contributed by atoms with van der Waals surface area (Å²) in [4.78, 5) is 25.2. The van der Waals surface area contributed by atoms with Gasteiger partial charge < -0.3 is 20.4 Å². The Bertz CT molecular complexity index is 807. The van der Waals surface area contributed by atoms with Gasteiger partial charge in [0.15, 0.2) is 0 Å². The van der Waals surface area contributed by atoms with E-state index in [1.165, 1.54) is 0 Å². The number of carbonyl (C=O) groups is 1. The van der Waals surface area contributed by atoms with Crippen LogP contribution in [0.1, 0.15) is 42.1 Å². The van der Waals surface area contributed by atoms with Gasteiger partial charge in [-0.1, -0.05) is 18.9 Å². The number of nitrogens with zero attached hydrogens (tertiary/aromatic N) is 1. The van der Waals surface area contributed by atoms with Crippen LogP contribution in [-0.4, -0.2) is 30.7 Å². The number of methoxy groups -OCH3 is 1. The third kappa shape index (κ3) is 3.01. The molecular formula is C18H23N3O3. The molecule has 0 radical (unpaired) electrons. The van der Waals surface area contributed by atoms with Gasteiger partial charge in [-0.2, -0.15) is 0 Å². The first-order chi connectivity index (χ1) is 11.6. The molecule has 0 aliphatic heterocycles. The minimum Gasteiger partial charge on any atom is -0.398 e. The summed E-state index contributed by atoms with van der Waals surface area (Å²) >= 11 is 0. The first-order valence-corrected chi connectivity index (χ1v) is 8.34. The lowest BCUT2D eigenvalue weighted by atomic mass is 10.1. The lowest BCUT2D eigenvalue weighted by molar-refractivity contribution is 0.0935. The second kappa shape index (κ2) is 7.05. The van der Waals surface area contributed by atoms with Crippen molar-refractivity contribution in [2.75, 3.05) is 26.0 Å². The van der Waals surface area contributed by atoms with Crippen molar-refractivity contribution in [3.8, 4) is 0 Å². The standard InChI is InChI=1S/C18H23N3O3/c1-24-10-9-20-18(23)13-11-21(12-5-2-3-6-12)15-8-4-7-14(19)16(15)17(13)22/h4,7-8,11-12H,2-3,5-6,9-10,19H2,1H3,(H,20,23).